The molecule has 1 aromatic heterocycles. The van der Waals surface area contributed by atoms with E-state index < -0.39 is 5.60 Å². The molecule has 3 rings (SSSR count). The van der Waals surface area contributed by atoms with E-state index in [1.165, 1.54) is 0 Å². The predicted molar refractivity (Wildman–Crippen MR) is 93.7 cm³/mol. The van der Waals surface area contributed by atoms with Crippen LogP contribution in [0.5, 0.6) is 0 Å². The molecule has 2 N–H and O–H groups in total. The number of rotatable bonds is 5. The number of carbonyl (C=O) groups is 1. The number of ether oxygens (including phenoxy) is 1. The Morgan fingerprint density at radius 3 is 2.96 bits per heavy atom. The highest BCUT2D eigenvalue weighted by Gasteiger charge is 2.40. The summed E-state index contributed by atoms with van der Waals surface area (Å²) in [6.07, 6.45) is 2.88. The Labute approximate surface area is 148 Å². The number of nitrogens with one attached hydrogen (secondary N) is 2. The van der Waals surface area contributed by atoms with E-state index in [4.69, 9.17) is 4.74 Å². The molecule has 0 bridgehead atoms. The minimum atomic E-state index is -0.805. The first-order chi connectivity index (χ1) is 11.6. The zero-order chi connectivity index (χ0) is 17.0. The summed E-state index contributed by atoms with van der Waals surface area (Å²) in [6.45, 7) is 2.10. The van der Waals surface area contributed by atoms with Gasteiger partial charge in [0.25, 0.3) is 5.91 Å². The highest BCUT2D eigenvalue weighted by molar-refractivity contribution is 9.10. The van der Waals surface area contributed by atoms with E-state index in [1.54, 1.807) is 18.1 Å². The van der Waals surface area contributed by atoms with Gasteiger partial charge >= 0.3 is 0 Å². The highest BCUT2D eigenvalue weighted by atomic mass is 79.9. The standard InChI is InChI=1S/C16H20BrN5O2/c1-24-16(5-7-18-8-6-16)14(23)20-15-19-11-22(21-15)10-12-3-2-4-13(17)9-12/h2-4,9,11,18H,5-8,10H2,1H3,(H,20,21,23). The quantitative estimate of drug-likeness (QED) is 0.809. The third-order valence-electron chi connectivity index (χ3n) is 4.21. The number of halogens is 1. The van der Waals surface area contributed by atoms with Crippen molar-refractivity contribution in [2.75, 3.05) is 25.5 Å². The van der Waals surface area contributed by atoms with E-state index in [2.05, 4.69) is 36.6 Å². The maximum Gasteiger partial charge on any atom is 0.259 e. The van der Waals surface area contributed by atoms with E-state index in [0.717, 1.165) is 23.1 Å². The van der Waals surface area contributed by atoms with Crippen molar-refractivity contribution in [2.24, 2.45) is 0 Å². The molecule has 0 radical (unpaired) electrons. The normalized spacial score (nSPS) is 16.8. The lowest BCUT2D eigenvalue weighted by molar-refractivity contribution is -0.140. The fourth-order valence-corrected chi connectivity index (χ4v) is 3.27. The van der Waals surface area contributed by atoms with Crippen LogP contribution in [0.2, 0.25) is 0 Å². The Bertz CT molecular complexity index is 712. The fourth-order valence-electron chi connectivity index (χ4n) is 2.82. The van der Waals surface area contributed by atoms with Crippen LogP contribution in [0.15, 0.2) is 35.1 Å². The number of anilines is 1. The van der Waals surface area contributed by atoms with Crippen LogP contribution in [0.1, 0.15) is 18.4 Å². The summed E-state index contributed by atoms with van der Waals surface area (Å²) >= 11 is 3.45. The first-order valence-electron chi connectivity index (χ1n) is 7.82. The fraction of sp³-hybridized carbons (Fsp3) is 0.438. The Hall–Kier alpha value is -1.77. The molecule has 0 aliphatic carbocycles. The molecule has 24 heavy (non-hydrogen) atoms. The molecule has 8 heteroatoms. The van der Waals surface area contributed by atoms with E-state index >= 15 is 0 Å². The Kier molecular flexibility index (Phi) is 5.27. The molecule has 0 unspecified atom stereocenters. The molecule has 128 valence electrons. The zero-order valence-electron chi connectivity index (χ0n) is 13.5. The minimum absolute atomic E-state index is 0.188. The summed E-state index contributed by atoms with van der Waals surface area (Å²) in [6, 6.07) is 7.98. The lowest BCUT2D eigenvalue weighted by Crippen LogP contribution is -2.51. The summed E-state index contributed by atoms with van der Waals surface area (Å²) in [7, 11) is 1.57. The van der Waals surface area contributed by atoms with Gasteiger partial charge in [0.15, 0.2) is 0 Å². The van der Waals surface area contributed by atoms with Crippen molar-refractivity contribution in [2.45, 2.75) is 25.0 Å². The average molecular weight is 394 g/mol. The summed E-state index contributed by atoms with van der Waals surface area (Å²) in [5.41, 5.74) is 0.292. The second-order valence-corrected chi connectivity index (χ2v) is 6.71. The van der Waals surface area contributed by atoms with E-state index in [0.29, 0.717) is 25.3 Å². The minimum Gasteiger partial charge on any atom is -0.368 e. The lowest BCUT2D eigenvalue weighted by atomic mass is 9.91. The molecule has 1 fully saturated rings. The van der Waals surface area contributed by atoms with E-state index in [9.17, 15) is 4.79 Å². The van der Waals surface area contributed by atoms with Gasteiger partial charge in [-0.05, 0) is 43.6 Å². The number of benzene rings is 1. The number of hydrogen-bond donors (Lipinski definition) is 2. The molecule has 0 atom stereocenters. The number of methoxy groups -OCH3 is 1. The van der Waals surface area contributed by atoms with Gasteiger partial charge in [0.2, 0.25) is 5.95 Å². The molecule has 2 heterocycles. The van der Waals surface area contributed by atoms with E-state index in [1.807, 2.05) is 24.3 Å². The van der Waals surface area contributed by atoms with Crippen molar-refractivity contribution in [3.8, 4) is 0 Å². The largest absolute Gasteiger partial charge is 0.368 e. The van der Waals surface area contributed by atoms with Gasteiger partial charge in [-0.15, -0.1) is 5.10 Å². The van der Waals surface area contributed by atoms with Crippen LogP contribution in [0.3, 0.4) is 0 Å². The zero-order valence-corrected chi connectivity index (χ0v) is 15.0. The molecule has 1 amide bonds. The molecular weight excluding hydrogens is 374 g/mol. The summed E-state index contributed by atoms with van der Waals surface area (Å²) in [5.74, 6) is 0.108. The van der Waals surface area contributed by atoms with Crippen LogP contribution in [0, 0.1) is 0 Å². The maximum absolute atomic E-state index is 12.6. The maximum atomic E-state index is 12.6. The Morgan fingerprint density at radius 1 is 1.46 bits per heavy atom. The molecule has 1 aliphatic heterocycles. The number of carbonyl (C=O) groups excluding carboxylic acids is 1. The Morgan fingerprint density at radius 2 is 2.25 bits per heavy atom. The monoisotopic (exact) mass is 393 g/mol. The van der Waals surface area contributed by atoms with Gasteiger partial charge in [-0.2, -0.15) is 0 Å². The number of hydrogen-bond acceptors (Lipinski definition) is 5. The van der Waals surface area contributed by atoms with Gasteiger partial charge in [-0.1, -0.05) is 28.1 Å². The van der Waals surface area contributed by atoms with Gasteiger partial charge < -0.3 is 10.1 Å². The van der Waals surface area contributed by atoms with Crippen LogP contribution in [-0.2, 0) is 16.1 Å². The topological polar surface area (TPSA) is 81.1 Å². The van der Waals surface area contributed by atoms with Crippen molar-refractivity contribution >= 4 is 27.8 Å². The van der Waals surface area contributed by atoms with Crippen molar-refractivity contribution in [1.29, 1.82) is 0 Å². The average Bonchev–Trinajstić information content (AvgIpc) is 3.02. The SMILES string of the molecule is COC1(C(=O)Nc2ncn(Cc3cccc(Br)c3)n2)CCNCC1. The van der Waals surface area contributed by atoms with Crippen molar-refractivity contribution in [1.82, 2.24) is 20.1 Å². The smallest absolute Gasteiger partial charge is 0.259 e. The van der Waals surface area contributed by atoms with Gasteiger partial charge in [-0.3, -0.25) is 10.1 Å². The molecule has 1 aliphatic rings. The van der Waals surface area contributed by atoms with Crippen LogP contribution in [0.4, 0.5) is 5.95 Å². The van der Waals surface area contributed by atoms with Crippen molar-refractivity contribution in [3.63, 3.8) is 0 Å². The molecule has 0 spiro atoms. The van der Waals surface area contributed by atoms with Crippen molar-refractivity contribution < 1.29 is 9.53 Å². The number of aromatic nitrogens is 3. The van der Waals surface area contributed by atoms with Crippen LogP contribution in [-0.4, -0.2) is 46.5 Å². The number of amides is 1. The van der Waals surface area contributed by atoms with E-state index in [-0.39, 0.29) is 5.91 Å². The summed E-state index contributed by atoms with van der Waals surface area (Å²) in [4.78, 5) is 16.7. The molecule has 7 nitrogen and oxygen atoms in total. The molecule has 2 aromatic rings. The molecule has 0 saturated carbocycles. The Balaban J connectivity index is 1.66. The first kappa shape index (κ1) is 17.1. The third kappa shape index (κ3) is 3.82. The first-order valence-corrected chi connectivity index (χ1v) is 8.62. The summed E-state index contributed by atoms with van der Waals surface area (Å²) < 4.78 is 8.22. The third-order valence-corrected chi connectivity index (χ3v) is 4.70. The van der Waals surface area contributed by atoms with Gasteiger partial charge in [0.05, 0.1) is 6.54 Å². The molecule has 1 saturated heterocycles. The van der Waals surface area contributed by atoms with Crippen LogP contribution >= 0.6 is 15.9 Å². The highest BCUT2D eigenvalue weighted by Crippen LogP contribution is 2.23. The second kappa shape index (κ2) is 7.42. The van der Waals surface area contributed by atoms with Crippen molar-refractivity contribution in [3.05, 3.63) is 40.6 Å². The van der Waals surface area contributed by atoms with Crippen LogP contribution < -0.4 is 10.6 Å². The molecular formula is C16H20BrN5O2. The number of nitrogens with zero attached hydrogens (tertiary/aromatic N) is 3. The van der Waals surface area contributed by atoms with Gasteiger partial charge in [-0.25, -0.2) is 9.67 Å². The molecule has 1 aromatic carbocycles. The van der Waals surface area contributed by atoms with Gasteiger partial charge in [0.1, 0.15) is 11.9 Å². The second-order valence-electron chi connectivity index (χ2n) is 5.80. The lowest BCUT2D eigenvalue weighted by Gasteiger charge is -2.34. The predicted octanol–water partition coefficient (Wildman–Crippen LogP) is 1.80. The number of piperidine rings is 1. The summed E-state index contributed by atoms with van der Waals surface area (Å²) in [5, 5.41) is 10.3. The van der Waals surface area contributed by atoms with Gasteiger partial charge in [0, 0.05) is 11.6 Å². The van der Waals surface area contributed by atoms with Crippen LogP contribution in [0.25, 0.3) is 0 Å².